The van der Waals surface area contributed by atoms with E-state index in [0.29, 0.717) is 25.5 Å². The van der Waals surface area contributed by atoms with Crippen molar-refractivity contribution < 1.29 is 14.3 Å². The molecule has 0 spiro atoms. The predicted molar refractivity (Wildman–Crippen MR) is 85.7 cm³/mol. The van der Waals surface area contributed by atoms with Crippen LogP contribution in [0.4, 0.5) is 4.79 Å². The molecule has 0 aromatic heterocycles. The first kappa shape index (κ1) is 18.7. The van der Waals surface area contributed by atoms with Crippen LogP contribution in [0.5, 0.6) is 0 Å². The van der Waals surface area contributed by atoms with Gasteiger partial charge in [0.2, 0.25) is 5.91 Å². The largest absolute Gasteiger partial charge is 0.383 e. The van der Waals surface area contributed by atoms with E-state index in [4.69, 9.17) is 4.74 Å². The van der Waals surface area contributed by atoms with Crippen LogP contribution in [0.25, 0.3) is 0 Å². The average Bonchev–Trinajstić information content (AvgIpc) is 2.46. The van der Waals surface area contributed by atoms with Gasteiger partial charge < -0.3 is 25.2 Å². The lowest BCUT2D eigenvalue weighted by Crippen LogP contribution is -2.56. The van der Waals surface area contributed by atoms with Crippen molar-refractivity contribution in [2.45, 2.75) is 26.3 Å². The number of likely N-dealkylation sites (N-methyl/N-ethyl adjacent to an activating group) is 1. The van der Waals surface area contributed by atoms with Crippen molar-refractivity contribution >= 4 is 11.9 Å². The fourth-order valence-corrected chi connectivity index (χ4v) is 2.42. The lowest BCUT2D eigenvalue weighted by Gasteiger charge is -2.35. The number of hydrogen-bond donors (Lipinski definition) is 2. The number of nitrogens with zero attached hydrogens (tertiary/aromatic N) is 2. The third-order valence-corrected chi connectivity index (χ3v) is 3.72. The zero-order chi connectivity index (χ0) is 16.5. The number of hydrogen-bond acceptors (Lipinski definition) is 4. The third kappa shape index (κ3) is 6.62. The number of nitrogens with one attached hydrogen (secondary N) is 2. The van der Waals surface area contributed by atoms with Gasteiger partial charge in [-0.3, -0.25) is 4.79 Å². The molecule has 3 amide bonds. The van der Waals surface area contributed by atoms with Crippen LogP contribution in [0.15, 0.2) is 0 Å². The van der Waals surface area contributed by atoms with Crippen LogP contribution in [-0.2, 0) is 9.53 Å². The van der Waals surface area contributed by atoms with E-state index >= 15 is 0 Å². The SMILES string of the molecule is COCCNC(=O)N[C@H](CC(C)C)C(=O)N1CCN(C)CC1. The highest BCUT2D eigenvalue weighted by atomic mass is 16.5. The molecule has 1 saturated heterocycles. The van der Waals surface area contributed by atoms with E-state index in [2.05, 4.69) is 36.4 Å². The number of carbonyl (C=O) groups excluding carboxylic acids is 2. The van der Waals surface area contributed by atoms with E-state index in [1.54, 1.807) is 7.11 Å². The first-order valence-electron chi connectivity index (χ1n) is 7.94. The molecule has 1 rings (SSSR count). The Morgan fingerprint density at radius 1 is 1.18 bits per heavy atom. The van der Waals surface area contributed by atoms with Crippen molar-refractivity contribution in [2.24, 2.45) is 5.92 Å². The van der Waals surface area contributed by atoms with Crippen molar-refractivity contribution in [1.82, 2.24) is 20.4 Å². The molecule has 7 heteroatoms. The lowest BCUT2D eigenvalue weighted by atomic mass is 10.0. The number of amides is 3. The standard InChI is InChI=1S/C15H30N4O3/c1-12(2)11-13(17-15(21)16-5-10-22-4)14(20)19-8-6-18(3)7-9-19/h12-13H,5-11H2,1-4H3,(H2,16,17,21)/t13-/m1/s1. The number of piperazine rings is 1. The minimum Gasteiger partial charge on any atom is -0.383 e. The topological polar surface area (TPSA) is 73.9 Å². The van der Waals surface area contributed by atoms with Crippen molar-refractivity contribution in [2.75, 3.05) is 53.5 Å². The second kappa shape index (κ2) is 9.63. The van der Waals surface area contributed by atoms with E-state index in [1.165, 1.54) is 0 Å². The lowest BCUT2D eigenvalue weighted by molar-refractivity contribution is -0.135. The van der Waals surface area contributed by atoms with Crippen molar-refractivity contribution in [3.63, 3.8) is 0 Å². The maximum Gasteiger partial charge on any atom is 0.315 e. The Labute approximate surface area is 133 Å². The van der Waals surface area contributed by atoms with Gasteiger partial charge in [-0.25, -0.2) is 4.79 Å². The Morgan fingerprint density at radius 3 is 2.36 bits per heavy atom. The molecule has 1 aliphatic heterocycles. The summed E-state index contributed by atoms with van der Waals surface area (Å²) < 4.78 is 4.89. The van der Waals surface area contributed by atoms with Crippen LogP contribution in [0.3, 0.4) is 0 Å². The fraction of sp³-hybridized carbons (Fsp3) is 0.867. The number of urea groups is 1. The number of rotatable bonds is 7. The van der Waals surface area contributed by atoms with Gasteiger partial charge in [0.25, 0.3) is 0 Å². The molecule has 22 heavy (non-hydrogen) atoms. The molecule has 0 saturated carbocycles. The highest BCUT2D eigenvalue weighted by molar-refractivity contribution is 5.87. The molecule has 0 aromatic rings. The molecule has 7 nitrogen and oxygen atoms in total. The van der Waals surface area contributed by atoms with Crippen molar-refractivity contribution in [3.05, 3.63) is 0 Å². The zero-order valence-electron chi connectivity index (χ0n) is 14.2. The minimum atomic E-state index is -0.467. The summed E-state index contributed by atoms with van der Waals surface area (Å²) in [4.78, 5) is 28.6. The second-order valence-corrected chi connectivity index (χ2v) is 6.20. The number of carbonyl (C=O) groups is 2. The first-order chi connectivity index (χ1) is 10.4. The maximum absolute atomic E-state index is 12.6. The van der Waals surface area contributed by atoms with E-state index in [0.717, 1.165) is 26.2 Å². The van der Waals surface area contributed by atoms with Crippen LogP contribution >= 0.6 is 0 Å². The van der Waals surface area contributed by atoms with Gasteiger partial charge in [0.05, 0.1) is 6.61 Å². The summed E-state index contributed by atoms with van der Waals surface area (Å²) in [6, 6.07) is -0.781. The Balaban J connectivity index is 2.55. The fourth-order valence-electron chi connectivity index (χ4n) is 2.42. The summed E-state index contributed by atoms with van der Waals surface area (Å²) in [5, 5.41) is 5.50. The van der Waals surface area contributed by atoms with Gasteiger partial charge >= 0.3 is 6.03 Å². The summed E-state index contributed by atoms with van der Waals surface area (Å²) in [5.41, 5.74) is 0. The predicted octanol–water partition coefficient (Wildman–Crippen LogP) is 0.121. The maximum atomic E-state index is 12.6. The van der Waals surface area contributed by atoms with E-state index in [9.17, 15) is 9.59 Å². The molecule has 0 unspecified atom stereocenters. The average molecular weight is 314 g/mol. The molecule has 1 atom stereocenters. The molecule has 0 radical (unpaired) electrons. The van der Waals surface area contributed by atoms with Crippen molar-refractivity contribution in [3.8, 4) is 0 Å². The van der Waals surface area contributed by atoms with E-state index < -0.39 is 6.04 Å². The highest BCUT2D eigenvalue weighted by Crippen LogP contribution is 2.10. The van der Waals surface area contributed by atoms with Crippen LogP contribution in [0.2, 0.25) is 0 Å². The number of ether oxygens (including phenoxy) is 1. The Hall–Kier alpha value is -1.34. The van der Waals surface area contributed by atoms with E-state index in [-0.39, 0.29) is 11.9 Å². The summed E-state index contributed by atoms with van der Waals surface area (Å²) >= 11 is 0. The summed E-state index contributed by atoms with van der Waals surface area (Å²) in [6.45, 7) is 8.17. The quantitative estimate of drug-likeness (QED) is 0.655. The van der Waals surface area contributed by atoms with Crippen LogP contribution < -0.4 is 10.6 Å². The van der Waals surface area contributed by atoms with Gasteiger partial charge in [-0.2, -0.15) is 0 Å². The van der Waals surface area contributed by atoms with Gasteiger partial charge in [-0.05, 0) is 19.4 Å². The second-order valence-electron chi connectivity index (χ2n) is 6.20. The summed E-state index contributed by atoms with van der Waals surface area (Å²) in [5.74, 6) is 0.351. The molecule has 128 valence electrons. The van der Waals surface area contributed by atoms with Gasteiger partial charge in [-0.15, -0.1) is 0 Å². The van der Waals surface area contributed by atoms with Crippen LogP contribution in [0.1, 0.15) is 20.3 Å². The highest BCUT2D eigenvalue weighted by Gasteiger charge is 2.28. The molecule has 1 heterocycles. The van der Waals surface area contributed by atoms with Crippen LogP contribution in [-0.4, -0.2) is 81.3 Å². The Bertz CT molecular complexity index is 355. The molecular weight excluding hydrogens is 284 g/mol. The summed E-state index contributed by atoms with van der Waals surface area (Å²) in [6.07, 6.45) is 0.642. The van der Waals surface area contributed by atoms with E-state index in [1.807, 2.05) is 4.90 Å². The van der Waals surface area contributed by atoms with Gasteiger partial charge in [0.1, 0.15) is 6.04 Å². The normalized spacial score (nSPS) is 17.4. The molecule has 2 N–H and O–H groups in total. The monoisotopic (exact) mass is 314 g/mol. The number of methoxy groups -OCH3 is 1. The summed E-state index contributed by atoms with van der Waals surface area (Å²) in [7, 11) is 3.63. The van der Waals surface area contributed by atoms with Gasteiger partial charge in [0, 0.05) is 39.8 Å². The van der Waals surface area contributed by atoms with Gasteiger partial charge in [-0.1, -0.05) is 13.8 Å². The smallest absolute Gasteiger partial charge is 0.315 e. The van der Waals surface area contributed by atoms with Crippen molar-refractivity contribution in [1.29, 1.82) is 0 Å². The molecule has 0 bridgehead atoms. The minimum absolute atomic E-state index is 0.0173. The Kier molecular flexibility index (Phi) is 8.19. The van der Waals surface area contributed by atoms with Crippen LogP contribution in [0, 0.1) is 5.92 Å². The molecule has 0 aliphatic carbocycles. The third-order valence-electron chi connectivity index (χ3n) is 3.72. The molecule has 0 aromatic carbocycles. The van der Waals surface area contributed by atoms with Gasteiger partial charge in [0.15, 0.2) is 0 Å². The molecular formula is C15H30N4O3. The molecule has 1 fully saturated rings. The zero-order valence-corrected chi connectivity index (χ0v) is 14.2. The molecule has 1 aliphatic rings. The Morgan fingerprint density at radius 2 is 1.82 bits per heavy atom. The first-order valence-corrected chi connectivity index (χ1v) is 7.94.